The van der Waals surface area contributed by atoms with E-state index in [9.17, 15) is 24.4 Å². The predicted molar refractivity (Wildman–Crippen MR) is 125 cm³/mol. The lowest BCUT2D eigenvalue weighted by atomic mass is 9.98. The van der Waals surface area contributed by atoms with E-state index in [-0.39, 0.29) is 23.1 Å². The quantitative estimate of drug-likeness (QED) is 0.105. The Morgan fingerprint density at radius 3 is 2.63 bits per heavy atom. The van der Waals surface area contributed by atoms with Gasteiger partial charge >= 0.3 is 11.9 Å². The molecule has 0 aromatic carbocycles. The number of hydrogen-bond acceptors (Lipinski definition) is 13. The molecule has 35 heavy (non-hydrogen) atoms. The number of β-lactam (4-membered cyclic amide) rings is 1. The van der Waals surface area contributed by atoms with Crippen LogP contribution in [0.5, 0.6) is 0 Å². The SMILES string of the molecule is COCC1=C(C(=O)OCOC(=O)C(C)(C)C)N2C(=O)C(NC(=O)C(=NO)c3csc(N)n3)[C@@H]2SC1. The van der Waals surface area contributed by atoms with Crippen molar-refractivity contribution in [2.45, 2.75) is 32.2 Å². The van der Waals surface area contributed by atoms with Crippen LogP contribution in [0.1, 0.15) is 26.5 Å². The molecule has 3 rings (SSSR count). The minimum absolute atomic E-state index is 0.0266. The molecule has 0 radical (unpaired) electrons. The van der Waals surface area contributed by atoms with Gasteiger partial charge in [-0.3, -0.25) is 19.3 Å². The predicted octanol–water partition coefficient (Wildman–Crippen LogP) is 0.294. The lowest BCUT2D eigenvalue weighted by Gasteiger charge is -2.49. The summed E-state index contributed by atoms with van der Waals surface area (Å²) in [6.07, 6.45) is 0. The normalized spacial score (nSPS) is 20.2. The molecule has 0 bridgehead atoms. The number of nitrogens with one attached hydrogen (secondary N) is 1. The number of thioether (sulfide) groups is 1. The zero-order chi connectivity index (χ0) is 25.9. The van der Waals surface area contributed by atoms with Crippen LogP contribution >= 0.6 is 23.1 Å². The Hall–Kier alpha value is -3.17. The third-order valence-corrected chi connectivity index (χ3v) is 6.93. The van der Waals surface area contributed by atoms with Crippen LogP contribution in [-0.2, 0) is 33.4 Å². The van der Waals surface area contributed by atoms with Gasteiger partial charge in [-0.1, -0.05) is 5.16 Å². The largest absolute Gasteiger partial charge is 0.427 e. The number of carbonyl (C=O) groups is 4. The number of hydrogen-bond donors (Lipinski definition) is 3. The number of nitrogen functional groups attached to an aromatic ring is 1. The number of carbonyl (C=O) groups excluding carboxylic acids is 4. The van der Waals surface area contributed by atoms with E-state index in [1.165, 1.54) is 29.2 Å². The first-order valence-corrected chi connectivity index (χ1v) is 12.2. The lowest BCUT2D eigenvalue weighted by molar-refractivity contribution is -0.173. The number of anilines is 1. The maximum Gasteiger partial charge on any atom is 0.358 e. The summed E-state index contributed by atoms with van der Waals surface area (Å²) in [5, 5.41) is 15.8. The van der Waals surface area contributed by atoms with E-state index in [0.29, 0.717) is 11.3 Å². The number of fused-ring (bicyclic) bond motifs is 1. The van der Waals surface area contributed by atoms with Crippen molar-refractivity contribution in [2.24, 2.45) is 10.6 Å². The van der Waals surface area contributed by atoms with Crippen molar-refractivity contribution >= 4 is 57.7 Å². The number of thiazole rings is 1. The minimum atomic E-state index is -0.995. The zero-order valence-electron chi connectivity index (χ0n) is 19.4. The molecule has 2 amide bonds. The smallest absolute Gasteiger partial charge is 0.358 e. The highest BCUT2D eigenvalue weighted by Gasteiger charge is 2.54. The first kappa shape index (κ1) is 26.4. The molecule has 0 saturated carbocycles. The van der Waals surface area contributed by atoms with Crippen molar-refractivity contribution in [2.75, 3.05) is 32.0 Å². The first-order chi connectivity index (χ1) is 16.5. The Kier molecular flexibility index (Phi) is 8.02. The van der Waals surface area contributed by atoms with Gasteiger partial charge < -0.3 is 30.5 Å². The third kappa shape index (κ3) is 5.57. The molecule has 1 aromatic rings. The summed E-state index contributed by atoms with van der Waals surface area (Å²) in [6.45, 7) is 4.42. The molecule has 2 aliphatic heterocycles. The van der Waals surface area contributed by atoms with Crippen LogP contribution in [0.2, 0.25) is 0 Å². The fourth-order valence-electron chi connectivity index (χ4n) is 3.20. The minimum Gasteiger partial charge on any atom is -0.427 e. The summed E-state index contributed by atoms with van der Waals surface area (Å²) in [7, 11) is 1.44. The van der Waals surface area contributed by atoms with Crippen LogP contribution in [0, 0.1) is 5.41 Å². The van der Waals surface area contributed by atoms with Gasteiger partial charge in [0, 0.05) is 18.2 Å². The molecule has 13 nitrogen and oxygen atoms in total. The van der Waals surface area contributed by atoms with Crippen molar-refractivity contribution in [1.82, 2.24) is 15.2 Å². The Balaban J connectivity index is 1.71. The number of rotatable bonds is 8. The average Bonchev–Trinajstić information content (AvgIpc) is 3.22. The maximum atomic E-state index is 13.0. The second kappa shape index (κ2) is 10.6. The third-order valence-electron chi connectivity index (χ3n) is 4.92. The number of aromatic nitrogens is 1. The molecule has 15 heteroatoms. The summed E-state index contributed by atoms with van der Waals surface area (Å²) in [4.78, 5) is 55.4. The number of nitrogens with two attached hydrogens (primary N) is 1. The van der Waals surface area contributed by atoms with Crippen molar-refractivity contribution < 1.29 is 38.6 Å². The van der Waals surface area contributed by atoms with Crippen molar-refractivity contribution in [1.29, 1.82) is 0 Å². The van der Waals surface area contributed by atoms with Crippen molar-refractivity contribution in [3.63, 3.8) is 0 Å². The topological polar surface area (TPSA) is 183 Å². The van der Waals surface area contributed by atoms with Gasteiger partial charge in [-0.2, -0.15) is 0 Å². The van der Waals surface area contributed by atoms with Crippen molar-refractivity contribution in [3.05, 3.63) is 22.3 Å². The number of amides is 2. The number of esters is 2. The fraction of sp³-hybridized carbons (Fsp3) is 0.500. The standard InChI is InChI=1S/C20H25N5O8S2/c1-20(2,3)18(29)33-8-32-17(28)13-9(5-31-4)6-34-16-12(15(27)25(13)16)23-14(26)11(24-30)10-7-35-19(21)22-10/h7,12,16,30H,5-6,8H2,1-4H3,(H2,21,22)(H,23,26)/t12?,16-/m0/s1. The first-order valence-electron chi connectivity index (χ1n) is 10.2. The highest BCUT2D eigenvalue weighted by atomic mass is 32.2. The van der Waals surface area contributed by atoms with E-state index in [4.69, 9.17) is 19.9 Å². The van der Waals surface area contributed by atoms with E-state index in [0.717, 1.165) is 11.3 Å². The number of oxime groups is 1. The second-order valence-corrected chi connectivity index (χ2v) is 10.5. The van der Waals surface area contributed by atoms with E-state index >= 15 is 0 Å². The molecule has 3 heterocycles. The summed E-state index contributed by atoms with van der Waals surface area (Å²) in [5.74, 6) is -2.50. The van der Waals surface area contributed by atoms with Crippen LogP contribution in [0.3, 0.4) is 0 Å². The monoisotopic (exact) mass is 527 g/mol. The average molecular weight is 528 g/mol. The van der Waals surface area contributed by atoms with Gasteiger partial charge in [0.05, 0.1) is 12.0 Å². The molecule has 0 aliphatic carbocycles. The van der Waals surface area contributed by atoms with Gasteiger partial charge in [0.2, 0.25) is 6.79 Å². The van der Waals surface area contributed by atoms with Crippen LogP contribution in [0.15, 0.2) is 21.8 Å². The zero-order valence-corrected chi connectivity index (χ0v) is 21.0. The molecule has 4 N–H and O–H groups in total. The maximum absolute atomic E-state index is 13.0. The molecule has 2 atom stereocenters. The fourth-order valence-corrected chi connectivity index (χ4v) is 5.07. The summed E-state index contributed by atoms with van der Waals surface area (Å²) < 4.78 is 15.2. The highest BCUT2D eigenvalue weighted by Crippen LogP contribution is 2.40. The molecule has 2 aliphatic rings. The van der Waals surface area contributed by atoms with Gasteiger partial charge in [-0.25, -0.2) is 9.78 Å². The van der Waals surface area contributed by atoms with Crippen LogP contribution in [0.25, 0.3) is 0 Å². The molecule has 1 fully saturated rings. The molecule has 0 spiro atoms. The Labute approximate surface area is 208 Å². The van der Waals surface area contributed by atoms with Crippen molar-refractivity contribution in [3.8, 4) is 0 Å². The highest BCUT2D eigenvalue weighted by molar-refractivity contribution is 8.00. The number of methoxy groups -OCH3 is 1. The Morgan fingerprint density at radius 2 is 2.06 bits per heavy atom. The molecular formula is C20H25N5O8S2. The Bertz CT molecular complexity index is 1090. The summed E-state index contributed by atoms with van der Waals surface area (Å²) in [5.41, 5.74) is 4.92. The molecule has 1 saturated heterocycles. The molecule has 1 unspecified atom stereocenters. The van der Waals surface area contributed by atoms with Gasteiger partial charge in [0.15, 0.2) is 10.8 Å². The van der Waals surface area contributed by atoms with E-state index in [1.54, 1.807) is 20.8 Å². The second-order valence-electron chi connectivity index (χ2n) is 8.50. The van der Waals surface area contributed by atoms with E-state index in [2.05, 4.69) is 15.5 Å². The van der Waals surface area contributed by atoms with Crippen LogP contribution < -0.4 is 11.1 Å². The molecule has 1 aromatic heterocycles. The molecule has 190 valence electrons. The van der Waals surface area contributed by atoms with E-state index < -0.39 is 53.1 Å². The Morgan fingerprint density at radius 1 is 1.34 bits per heavy atom. The number of ether oxygens (including phenoxy) is 3. The lowest BCUT2D eigenvalue weighted by Crippen LogP contribution is -2.71. The van der Waals surface area contributed by atoms with Gasteiger partial charge in [-0.05, 0) is 26.3 Å². The number of nitrogens with zero attached hydrogens (tertiary/aromatic N) is 3. The molecular weight excluding hydrogens is 502 g/mol. The van der Waals surface area contributed by atoms with Gasteiger partial charge in [-0.15, -0.1) is 23.1 Å². The van der Waals surface area contributed by atoms with Gasteiger partial charge in [0.1, 0.15) is 22.8 Å². The summed E-state index contributed by atoms with van der Waals surface area (Å²) in [6, 6.07) is -0.995. The van der Waals surface area contributed by atoms with Crippen LogP contribution in [0.4, 0.5) is 5.13 Å². The van der Waals surface area contributed by atoms with Gasteiger partial charge in [0.25, 0.3) is 11.8 Å². The van der Waals surface area contributed by atoms with E-state index in [1.807, 2.05) is 0 Å². The summed E-state index contributed by atoms with van der Waals surface area (Å²) >= 11 is 2.37. The van der Waals surface area contributed by atoms with Crippen LogP contribution in [-0.4, -0.2) is 82.2 Å².